The largest absolute Gasteiger partial charge is 0.454 e. The molecule has 0 atom stereocenters. The normalized spacial score (nSPS) is 11.0. The van der Waals surface area contributed by atoms with Gasteiger partial charge in [-0.3, -0.25) is 14.8 Å². The van der Waals surface area contributed by atoms with E-state index in [-0.39, 0.29) is 11.7 Å². The number of aromatic nitrogens is 4. The highest BCUT2D eigenvalue weighted by atomic mass is 79.9. The Hall–Kier alpha value is -1.65. The molecule has 7 nitrogen and oxygen atoms in total. The summed E-state index contributed by atoms with van der Waals surface area (Å²) >= 11 is 6.43. The summed E-state index contributed by atoms with van der Waals surface area (Å²) in [5.74, 6) is 1.45. The average molecular weight is 442 g/mol. The van der Waals surface area contributed by atoms with E-state index in [2.05, 4.69) is 36.5 Å². The maximum Gasteiger partial charge on any atom is 0.293 e. The first-order valence-corrected chi connectivity index (χ1v) is 10.1. The summed E-state index contributed by atoms with van der Waals surface area (Å²) in [6, 6.07) is 3.42. The van der Waals surface area contributed by atoms with Gasteiger partial charge in [-0.15, -0.1) is 10.2 Å². The zero-order valence-electron chi connectivity index (χ0n) is 13.9. The van der Waals surface area contributed by atoms with E-state index in [9.17, 15) is 4.79 Å². The summed E-state index contributed by atoms with van der Waals surface area (Å²) in [4.78, 5) is 12.3. The molecule has 3 rings (SSSR count). The molecule has 0 saturated heterocycles. The monoisotopic (exact) mass is 441 g/mol. The molecule has 0 radical (unpaired) electrons. The van der Waals surface area contributed by atoms with Crippen LogP contribution in [-0.2, 0) is 6.54 Å². The molecule has 3 aromatic heterocycles. The van der Waals surface area contributed by atoms with Gasteiger partial charge in [0.1, 0.15) is 5.76 Å². The van der Waals surface area contributed by atoms with Gasteiger partial charge in [-0.25, -0.2) is 0 Å². The van der Waals surface area contributed by atoms with Gasteiger partial charge in [-0.2, -0.15) is 5.10 Å². The van der Waals surface area contributed by atoms with Crippen LogP contribution in [0, 0.1) is 13.8 Å². The Labute approximate surface area is 161 Å². The molecule has 0 aliphatic heterocycles. The standard InChI is InChI=1S/C15H16BrN5O2S2/c1-4-24-15-19-18-14(25-15)17-13(22)11-6-5-10(23-11)7-21-9(3)12(16)8(2)20-21/h5-6H,4,7H2,1-3H3,(H,17,18,22). The van der Waals surface area contributed by atoms with Gasteiger partial charge in [0, 0.05) is 0 Å². The SMILES string of the molecule is CCSc1nnc(NC(=O)c2ccc(Cn3nc(C)c(Br)c3C)o2)s1. The molecular weight excluding hydrogens is 426 g/mol. The van der Waals surface area contributed by atoms with Crippen LogP contribution in [0.4, 0.5) is 5.13 Å². The summed E-state index contributed by atoms with van der Waals surface area (Å²) in [6.07, 6.45) is 0. The lowest BCUT2D eigenvalue weighted by atomic mass is 10.4. The number of hydrogen-bond acceptors (Lipinski definition) is 7. The Morgan fingerprint density at radius 1 is 1.40 bits per heavy atom. The number of carbonyl (C=O) groups excluding carboxylic acids is 1. The second-order valence-electron chi connectivity index (χ2n) is 5.17. The first-order chi connectivity index (χ1) is 12.0. The molecule has 0 aliphatic carbocycles. The van der Waals surface area contributed by atoms with Crippen molar-refractivity contribution in [1.29, 1.82) is 0 Å². The van der Waals surface area contributed by atoms with Crippen LogP contribution >= 0.6 is 39.0 Å². The molecule has 0 saturated carbocycles. The molecule has 3 heterocycles. The Morgan fingerprint density at radius 3 is 2.88 bits per heavy atom. The topological polar surface area (TPSA) is 85.8 Å². The van der Waals surface area contributed by atoms with E-state index in [1.54, 1.807) is 23.9 Å². The molecule has 1 amide bonds. The van der Waals surface area contributed by atoms with Crippen molar-refractivity contribution in [1.82, 2.24) is 20.0 Å². The lowest BCUT2D eigenvalue weighted by molar-refractivity contribution is 0.0994. The third-order valence-electron chi connectivity index (χ3n) is 3.38. The molecule has 10 heteroatoms. The Bertz CT molecular complexity index is 902. The molecule has 0 aromatic carbocycles. The van der Waals surface area contributed by atoms with Gasteiger partial charge >= 0.3 is 0 Å². The first-order valence-electron chi connectivity index (χ1n) is 7.53. The van der Waals surface area contributed by atoms with E-state index in [1.807, 2.05) is 25.5 Å². The lowest BCUT2D eigenvalue weighted by Crippen LogP contribution is -2.10. The number of aryl methyl sites for hydroxylation is 1. The van der Waals surface area contributed by atoms with Crippen molar-refractivity contribution in [3.05, 3.63) is 39.5 Å². The predicted octanol–water partition coefficient (Wildman–Crippen LogP) is 4.12. The summed E-state index contributed by atoms with van der Waals surface area (Å²) < 4.78 is 9.28. The van der Waals surface area contributed by atoms with Gasteiger partial charge in [0.15, 0.2) is 10.1 Å². The van der Waals surface area contributed by atoms with Gasteiger partial charge in [0.05, 0.1) is 22.4 Å². The van der Waals surface area contributed by atoms with Crippen LogP contribution in [0.2, 0.25) is 0 Å². The highest BCUT2D eigenvalue weighted by molar-refractivity contribution is 9.10. The molecule has 0 bridgehead atoms. The number of rotatable bonds is 6. The number of thioether (sulfide) groups is 1. The number of furan rings is 1. The third-order valence-corrected chi connectivity index (χ3v) is 6.38. The number of halogens is 1. The minimum atomic E-state index is -0.343. The number of nitrogens with zero attached hydrogens (tertiary/aromatic N) is 4. The number of hydrogen-bond donors (Lipinski definition) is 1. The zero-order chi connectivity index (χ0) is 18.0. The van der Waals surface area contributed by atoms with Crippen molar-refractivity contribution >= 4 is 50.1 Å². The predicted molar refractivity (Wildman–Crippen MR) is 101 cm³/mol. The lowest BCUT2D eigenvalue weighted by Gasteiger charge is -2.01. The van der Waals surface area contributed by atoms with Crippen molar-refractivity contribution in [2.45, 2.75) is 31.7 Å². The number of anilines is 1. The van der Waals surface area contributed by atoms with Crippen molar-refractivity contribution in [3.63, 3.8) is 0 Å². The third kappa shape index (κ3) is 4.13. The molecule has 25 heavy (non-hydrogen) atoms. The van der Waals surface area contributed by atoms with Crippen LogP contribution in [0.3, 0.4) is 0 Å². The first kappa shape index (κ1) is 18.2. The maximum atomic E-state index is 12.3. The minimum absolute atomic E-state index is 0.232. The molecule has 1 N–H and O–H groups in total. The molecule has 0 fully saturated rings. The Morgan fingerprint density at radius 2 is 2.20 bits per heavy atom. The van der Waals surface area contributed by atoms with Crippen molar-refractivity contribution in [3.8, 4) is 0 Å². The van der Waals surface area contributed by atoms with Crippen LogP contribution in [0.1, 0.15) is 34.6 Å². The highest BCUT2D eigenvalue weighted by Crippen LogP contribution is 2.25. The van der Waals surface area contributed by atoms with Crippen molar-refractivity contribution < 1.29 is 9.21 Å². The number of nitrogens with one attached hydrogen (secondary N) is 1. The van der Waals surface area contributed by atoms with Gasteiger partial charge in [-0.1, -0.05) is 30.0 Å². The fourth-order valence-electron chi connectivity index (χ4n) is 2.16. The maximum absolute atomic E-state index is 12.3. The molecule has 132 valence electrons. The quantitative estimate of drug-likeness (QED) is 0.457. The molecule has 0 spiro atoms. The van der Waals surface area contributed by atoms with E-state index in [4.69, 9.17) is 4.42 Å². The van der Waals surface area contributed by atoms with E-state index in [0.717, 1.165) is 26.0 Å². The van der Waals surface area contributed by atoms with E-state index < -0.39 is 0 Å². The molecular formula is C15H16BrN5O2S2. The zero-order valence-corrected chi connectivity index (χ0v) is 17.1. The fourth-order valence-corrected chi connectivity index (χ4v) is 4.09. The van der Waals surface area contributed by atoms with Crippen LogP contribution in [0.15, 0.2) is 25.4 Å². The number of carbonyl (C=O) groups is 1. The van der Waals surface area contributed by atoms with Crippen molar-refractivity contribution in [2.75, 3.05) is 11.1 Å². The van der Waals surface area contributed by atoms with Crippen LogP contribution in [0.25, 0.3) is 0 Å². The summed E-state index contributed by atoms with van der Waals surface area (Å²) in [5.41, 5.74) is 1.92. The van der Waals surface area contributed by atoms with E-state index >= 15 is 0 Å². The van der Waals surface area contributed by atoms with Crippen molar-refractivity contribution in [2.24, 2.45) is 0 Å². The molecule has 0 unspecified atom stereocenters. The van der Waals surface area contributed by atoms with Crippen LogP contribution < -0.4 is 5.32 Å². The second kappa shape index (κ2) is 7.71. The highest BCUT2D eigenvalue weighted by Gasteiger charge is 2.16. The molecule has 3 aromatic rings. The van der Waals surface area contributed by atoms with E-state index in [1.165, 1.54) is 11.3 Å². The summed E-state index contributed by atoms with van der Waals surface area (Å²) in [5, 5.41) is 15.6. The fraction of sp³-hybridized carbons (Fsp3) is 0.333. The molecule has 0 aliphatic rings. The van der Waals surface area contributed by atoms with Gasteiger partial charge in [0.2, 0.25) is 5.13 Å². The van der Waals surface area contributed by atoms with Crippen LogP contribution in [0.5, 0.6) is 0 Å². The second-order valence-corrected chi connectivity index (χ2v) is 8.45. The average Bonchev–Trinajstić information content (AvgIpc) is 3.27. The van der Waals surface area contributed by atoms with Gasteiger partial charge < -0.3 is 4.42 Å². The smallest absolute Gasteiger partial charge is 0.293 e. The summed E-state index contributed by atoms with van der Waals surface area (Å²) in [7, 11) is 0. The van der Waals surface area contributed by atoms with Gasteiger partial charge in [-0.05, 0) is 47.7 Å². The summed E-state index contributed by atoms with van der Waals surface area (Å²) in [6.45, 7) is 6.40. The van der Waals surface area contributed by atoms with E-state index in [0.29, 0.717) is 17.4 Å². The van der Waals surface area contributed by atoms with Gasteiger partial charge in [0.25, 0.3) is 5.91 Å². The Kier molecular flexibility index (Phi) is 5.60. The Balaban J connectivity index is 1.67. The minimum Gasteiger partial charge on any atom is -0.454 e. The van der Waals surface area contributed by atoms with Crippen LogP contribution in [-0.4, -0.2) is 31.6 Å². The number of amides is 1.